The number of nitrogens with one attached hydrogen (secondary N) is 1. The van der Waals surface area contributed by atoms with E-state index in [9.17, 15) is 4.79 Å². The van der Waals surface area contributed by atoms with Crippen molar-refractivity contribution in [2.24, 2.45) is 0 Å². The summed E-state index contributed by atoms with van der Waals surface area (Å²) in [7, 11) is 3.09. The van der Waals surface area contributed by atoms with Crippen molar-refractivity contribution in [3.05, 3.63) is 71.8 Å². The van der Waals surface area contributed by atoms with Crippen molar-refractivity contribution in [1.29, 1.82) is 0 Å². The second-order valence-corrected chi connectivity index (χ2v) is 7.47. The van der Waals surface area contributed by atoms with E-state index in [1.54, 1.807) is 37.4 Å². The normalized spacial score (nSPS) is 11.0. The Morgan fingerprint density at radius 2 is 1.74 bits per heavy atom. The predicted octanol–water partition coefficient (Wildman–Crippen LogP) is 5.89. The zero-order chi connectivity index (χ0) is 22.0. The highest BCUT2D eigenvalue weighted by molar-refractivity contribution is 6.07. The van der Waals surface area contributed by atoms with Crippen LogP contribution in [0.2, 0.25) is 0 Å². The molecule has 0 aliphatic rings. The highest BCUT2D eigenvalue weighted by atomic mass is 16.5. The first kappa shape index (κ1) is 20.5. The summed E-state index contributed by atoms with van der Waals surface area (Å²) in [6.45, 7) is 4.28. The number of aromatic nitrogens is 1. The Labute approximate surface area is 180 Å². The number of carbonyl (C=O) groups is 1. The van der Waals surface area contributed by atoms with E-state index in [0.717, 1.165) is 16.7 Å². The Hall–Kier alpha value is -3.80. The van der Waals surface area contributed by atoms with E-state index in [1.165, 1.54) is 12.7 Å². The number of fused-ring (bicyclic) bond motifs is 1. The van der Waals surface area contributed by atoms with Gasteiger partial charge in [0.15, 0.2) is 5.58 Å². The molecule has 3 aromatic carbocycles. The topological polar surface area (TPSA) is 73.6 Å². The van der Waals surface area contributed by atoms with Gasteiger partial charge in [-0.05, 0) is 53.9 Å². The number of carbonyl (C=O) groups excluding carboxylic acids is 1. The summed E-state index contributed by atoms with van der Waals surface area (Å²) in [6, 6.07) is 18.5. The van der Waals surface area contributed by atoms with E-state index in [2.05, 4.69) is 30.2 Å². The molecule has 31 heavy (non-hydrogen) atoms. The standard InChI is InChI=1S/C25H24N2O4/c1-15(2)16-9-12-23-20(13-16)27-25(31-23)17-10-11-22(30-4)19(14-17)26-24(28)18-7-5-6-8-21(18)29-3/h5-15H,1-4H3,(H,26,28). The van der Waals surface area contributed by atoms with Gasteiger partial charge in [0.25, 0.3) is 5.91 Å². The number of oxazole rings is 1. The molecule has 0 aliphatic carbocycles. The van der Waals surface area contributed by atoms with Gasteiger partial charge in [-0.1, -0.05) is 32.0 Å². The molecule has 0 unspecified atom stereocenters. The molecule has 0 aliphatic heterocycles. The Balaban J connectivity index is 1.69. The first-order valence-electron chi connectivity index (χ1n) is 10.0. The first-order chi connectivity index (χ1) is 15.0. The van der Waals surface area contributed by atoms with Crippen LogP contribution in [0.1, 0.15) is 35.7 Å². The Morgan fingerprint density at radius 1 is 0.968 bits per heavy atom. The van der Waals surface area contributed by atoms with Crippen molar-refractivity contribution >= 4 is 22.7 Å². The van der Waals surface area contributed by atoms with Crippen LogP contribution in [0.25, 0.3) is 22.6 Å². The van der Waals surface area contributed by atoms with Crippen molar-refractivity contribution in [1.82, 2.24) is 4.98 Å². The Morgan fingerprint density at radius 3 is 2.48 bits per heavy atom. The fourth-order valence-electron chi connectivity index (χ4n) is 3.39. The maximum Gasteiger partial charge on any atom is 0.259 e. The first-order valence-corrected chi connectivity index (χ1v) is 10.0. The fraction of sp³-hybridized carbons (Fsp3) is 0.200. The minimum absolute atomic E-state index is 0.299. The molecule has 4 aromatic rings. The molecule has 0 radical (unpaired) electrons. The van der Waals surface area contributed by atoms with E-state index in [1.807, 2.05) is 24.3 Å². The number of benzene rings is 3. The van der Waals surface area contributed by atoms with Crippen molar-refractivity contribution in [3.63, 3.8) is 0 Å². The molecule has 1 amide bonds. The molecule has 1 heterocycles. The average Bonchev–Trinajstić information content (AvgIpc) is 3.22. The van der Waals surface area contributed by atoms with Crippen LogP contribution in [0, 0.1) is 0 Å². The van der Waals surface area contributed by atoms with Gasteiger partial charge in [-0.25, -0.2) is 4.98 Å². The van der Waals surface area contributed by atoms with Gasteiger partial charge >= 0.3 is 0 Å². The third kappa shape index (κ3) is 4.10. The van der Waals surface area contributed by atoms with Crippen molar-refractivity contribution in [3.8, 4) is 23.0 Å². The van der Waals surface area contributed by atoms with Gasteiger partial charge in [0, 0.05) is 5.56 Å². The molecule has 0 saturated heterocycles. The molecule has 0 atom stereocenters. The quantitative estimate of drug-likeness (QED) is 0.424. The van der Waals surface area contributed by atoms with E-state index in [-0.39, 0.29) is 5.91 Å². The summed E-state index contributed by atoms with van der Waals surface area (Å²) in [6.07, 6.45) is 0. The number of methoxy groups -OCH3 is 2. The number of rotatable bonds is 6. The van der Waals surface area contributed by atoms with Crippen LogP contribution in [0.5, 0.6) is 11.5 Å². The number of ether oxygens (including phenoxy) is 2. The van der Waals surface area contributed by atoms with Crippen LogP contribution < -0.4 is 14.8 Å². The van der Waals surface area contributed by atoms with E-state index in [4.69, 9.17) is 13.9 Å². The van der Waals surface area contributed by atoms with E-state index in [0.29, 0.717) is 34.6 Å². The molecule has 158 valence electrons. The number of nitrogens with zero attached hydrogens (tertiary/aromatic N) is 1. The Bertz CT molecular complexity index is 1240. The van der Waals surface area contributed by atoms with Crippen LogP contribution in [0.4, 0.5) is 5.69 Å². The van der Waals surface area contributed by atoms with Gasteiger partial charge in [0.2, 0.25) is 5.89 Å². The van der Waals surface area contributed by atoms with E-state index >= 15 is 0 Å². The van der Waals surface area contributed by atoms with Crippen molar-refractivity contribution in [2.75, 3.05) is 19.5 Å². The maximum atomic E-state index is 12.9. The van der Waals surface area contributed by atoms with Gasteiger partial charge in [-0.3, -0.25) is 4.79 Å². The zero-order valence-electron chi connectivity index (χ0n) is 17.9. The summed E-state index contributed by atoms with van der Waals surface area (Å²) >= 11 is 0. The molecular weight excluding hydrogens is 392 g/mol. The Kier molecular flexibility index (Phi) is 5.62. The molecule has 1 N–H and O–H groups in total. The summed E-state index contributed by atoms with van der Waals surface area (Å²) in [5, 5.41) is 2.91. The van der Waals surface area contributed by atoms with Crippen LogP contribution in [-0.4, -0.2) is 25.1 Å². The van der Waals surface area contributed by atoms with Crippen molar-refractivity contribution < 1.29 is 18.7 Å². The average molecular weight is 416 g/mol. The maximum absolute atomic E-state index is 12.9. The molecule has 0 bridgehead atoms. The number of anilines is 1. The summed E-state index contributed by atoms with van der Waals surface area (Å²) < 4.78 is 16.7. The highest BCUT2D eigenvalue weighted by Gasteiger charge is 2.17. The molecule has 6 nitrogen and oxygen atoms in total. The van der Waals surface area contributed by atoms with Crippen LogP contribution >= 0.6 is 0 Å². The molecule has 0 saturated carbocycles. The van der Waals surface area contributed by atoms with Crippen LogP contribution in [-0.2, 0) is 0 Å². The summed E-state index contributed by atoms with van der Waals surface area (Å²) in [4.78, 5) is 17.5. The number of hydrogen-bond donors (Lipinski definition) is 1. The molecule has 0 fully saturated rings. The smallest absolute Gasteiger partial charge is 0.259 e. The number of amides is 1. The number of hydrogen-bond acceptors (Lipinski definition) is 5. The van der Waals surface area contributed by atoms with Gasteiger partial charge in [-0.2, -0.15) is 0 Å². The zero-order valence-corrected chi connectivity index (χ0v) is 17.9. The summed E-state index contributed by atoms with van der Waals surface area (Å²) in [5.41, 5.74) is 4.40. The minimum Gasteiger partial charge on any atom is -0.496 e. The monoisotopic (exact) mass is 416 g/mol. The van der Waals surface area contributed by atoms with Crippen LogP contribution in [0.15, 0.2) is 65.1 Å². The molecule has 6 heteroatoms. The lowest BCUT2D eigenvalue weighted by Gasteiger charge is -2.13. The van der Waals surface area contributed by atoms with Gasteiger partial charge in [0.05, 0.1) is 25.5 Å². The van der Waals surface area contributed by atoms with Gasteiger partial charge in [-0.15, -0.1) is 0 Å². The van der Waals surface area contributed by atoms with Gasteiger partial charge < -0.3 is 19.2 Å². The highest BCUT2D eigenvalue weighted by Crippen LogP contribution is 2.33. The lowest BCUT2D eigenvalue weighted by atomic mass is 10.0. The second-order valence-electron chi connectivity index (χ2n) is 7.47. The predicted molar refractivity (Wildman–Crippen MR) is 121 cm³/mol. The SMILES string of the molecule is COc1ccc(-c2nc3cc(C(C)C)ccc3o2)cc1NC(=O)c1ccccc1OC. The molecule has 1 aromatic heterocycles. The molecular formula is C25H24N2O4. The van der Waals surface area contributed by atoms with Crippen molar-refractivity contribution in [2.45, 2.75) is 19.8 Å². The lowest BCUT2D eigenvalue weighted by Crippen LogP contribution is -2.13. The fourth-order valence-corrected chi connectivity index (χ4v) is 3.39. The largest absolute Gasteiger partial charge is 0.496 e. The molecule has 4 rings (SSSR count). The minimum atomic E-state index is -0.299. The molecule has 0 spiro atoms. The van der Waals surface area contributed by atoms with E-state index < -0.39 is 0 Å². The van der Waals surface area contributed by atoms with Gasteiger partial charge in [0.1, 0.15) is 17.0 Å². The third-order valence-electron chi connectivity index (χ3n) is 5.12. The lowest BCUT2D eigenvalue weighted by molar-refractivity contribution is 0.102. The van der Waals surface area contributed by atoms with Crippen LogP contribution in [0.3, 0.4) is 0 Å². The summed E-state index contributed by atoms with van der Waals surface area (Å²) in [5.74, 6) is 1.61. The second kappa shape index (κ2) is 8.52. The third-order valence-corrected chi connectivity index (χ3v) is 5.12. The number of para-hydroxylation sites is 1.